The molecule has 2 aromatic rings. The van der Waals surface area contributed by atoms with Gasteiger partial charge < -0.3 is 15.4 Å². The molecule has 104 valence electrons. The summed E-state index contributed by atoms with van der Waals surface area (Å²) in [6.45, 7) is 0. The van der Waals surface area contributed by atoms with E-state index in [0.29, 0.717) is 17.1 Å². The van der Waals surface area contributed by atoms with Crippen molar-refractivity contribution in [3.63, 3.8) is 0 Å². The van der Waals surface area contributed by atoms with Gasteiger partial charge in [-0.3, -0.25) is 4.79 Å². The fraction of sp³-hybridized carbons (Fsp3) is 0.133. The number of benzene rings is 2. The van der Waals surface area contributed by atoms with Crippen LogP contribution in [0, 0.1) is 5.82 Å². The molecule has 0 aliphatic rings. The zero-order chi connectivity index (χ0) is 15.2. The van der Waals surface area contributed by atoms with Crippen LogP contribution in [-0.4, -0.2) is 20.0 Å². The van der Waals surface area contributed by atoms with Crippen molar-refractivity contribution in [3.8, 4) is 5.75 Å². The molecule has 0 heterocycles. The molecular formula is C15H15FN2O2. The highest BCUT2D eigenvalue weighted by Gasteiger charge is 2.14. The minimum atomic E-state index is -0.491. The van der Waals surface area contributed by atoms with Crippen molar-refractivity contribution in [2.75, 3.05) is 24.8 Å². The van der Waals surface area contributed by atoms with Gasteiger partial charge in [0.1, 0.15) is 11.6 Å². The number of rotatable bonds is 4. The number of methoxy groups -OCH3 is 1. The Morgan fingerprint density at radius 3 is 2.80 bits per heavy atom. The summed E-state index contributed by atoms with van der Waals surface area (Å²) in [4.78, 5) is 12.3. The Balaban J connectivity index is 2.28. The van der Waals surface area contributed by atoms with Gasteiger partial charge in [0.05, 0.1) is 19.7 Å². The summed E-state index contributed by atoms with van der Waals surface area (Å²) in [5.41, 5.74) is 1.15. The number of ether oxygens (including phenoxy) is 1. The molecule has 5 heteroatoms. The van der Waals surface area contributed by atoms with E-state index in [9.17, 15) is 9.18 Å². The lowest BCUT2D eigenvalue weighted by molar-refractivity contribution is 0.102. The lowest BCUT2D eigenvalue weighted by atomic mass is 10.1. The van der Waals surface area contributed by atoms with Crippen LogP contribution < -0.4 is 15.4 Å². The molecule has 0 fully saturated rings. The third kappa shape index (κ3) is 2.88. The summed E-state index contributed by atoms with van der Waals surface area (Å²) in [6.07, 6.45) is 0. The number of hydrogen-bond acceptors (Lipinski definition) is 3. The predicted octanol–water partition coefficient (Wildman–Crippen LogP) is 3.13. The number of nitrogens with one attached hydrogen (secondary N) is 2. The number of carbonyl (C=O) groups excluding carboxylic acids is 1. The van der Waals surface area contributed by atoms with E-state index in [0.717, 1.165) is 6.07 Å². The average molecular weight is 275 g/mol. The quantitative estimate of drug-likeness (QED) is 0.901. The highest BCUT2D eigenvalue weighted by molar-refractivity contribution is 6.08. The highest BCUT2D eigenvalue weighted by atomic mass is 19.1. The van der Waals surface area contributed by atoms with Crippen molar-refractivity contribution in [1.29, 1.82) is 0 Å². The van der Waals surface area contributed by atoms with E-state index in [1.807, 2.05) is 0 Å². The zero-order valence-electron chi connectivity index (χ0n) is 11.9. The first-order valence-corrected chi connectivity index (χ1v) is 5.95. The van der Waals surface area contributed by atoms with Crippen molar-refractivity contribution < 1.29 is 15.3 Å². The average Bonchev–Trinajstić information content (AvgIpc) is 2.49. The molecule has 0 atom stereocenters. The maximum absolute atomic E-state index is 13.3. The van der Waals surface area contributed by atoms with Gasteiger partial charge in [-0.25, -0.2) is 4.39 Å². The van der Waals surface area contributed by atoms with E-state index >= 15 is 0 Å². The van der Waals surface area contributed by atoms with Crippen molar-refractivity contribution in [1.82, 2.24) is 0 Å². The molecule has 2 N–H and O–H groups in total. The third-order valence-electron chi connectivity index (χ3n) is 2.79. The Morgan fingerprint density at radius 1 is 1.25 bits per heavy atom. The number of hydrogen-bond donors (Lipinski definition) is 2. The predicted molar refractivity (Wildman–Crippen MR) is 76.9 cm³/mol. The van der Waals surface area contributed by atoms with Crippen LogP contribution in [0.25, 0.3) is 0 Å². The third-order valence-corrected chi connectivity index (χ3v) is 2.79. The second-order valence-corrected chi connectivity index (χ2v) is 4.03. The molecular weight excluding hydrogens is 259 g/mol. The zero-order valence-corrected chi connectivity index (χ0v) is 10.9. The van der Waals surface area contributed by atoms with E-state index in [-0.39, 0.29) is 12.6 Å². The Bertz CT molecular complexity index is 649. The fourth-order valence-corrected chi connectivity index (χ4v) is 1.81. The van der Waals surface area contributed by atoms with Crippen LogP contribution in [0.2, 0.25) is 0 Å². The smallest absolute Gasteiger partial charge is 0.257 e. The number of halogens is 1. The number of anilines is 2. The second kappa shape index (κ2) is 6.06. The molecule has 0 saturated heterocycles. The minimum Gasteiger partial charge on any atom is -0.495 e. The van der Waals surface area contributed by atoms with E-state index < -0.39 is 11.7 Å². The van der Waals surface area contributed by atoms with Gasteiger partial charge in [-0.2, -0.15) is 0 Å². The molecule has 4 nitrogen and oxygen atoms in total. The molecule has 1 amide bonds. The van der Waals surface area contributed by atoms with Crippen molar-refractivity contribution in [2.45, 2.75) is 0 Å². The molecule has 0 aliphatic carbocycles. The van der Waals surface area contributed by atoms with E-state index in [1.165, 1.54) is 12.1 Å². The van der Waals surface area contributed by atoms with Crippen LogP contribution >= 0.6 is 0 Å². The molecule has 0 saturated carbocycles. The largest absolute Gasteiger partial charge is 0.495 e. The lowest BCUT2D eigenvalue weighted by Gasteiger charge is -2.12. The Hall–Kier alpha value is -2.56. The molecule has 0 bridgehead atoms. The van der Waals surface area contributed by atoms with Crippen LogP contribution in [0.3, 0.4) is 0 Å². The normalized spacial score (nSPS) is 10.6. The number of para-hydroxylation sites is 2. The van der Waals surface area contributed by atoms with Crippen LogP contribution in [0.1, 0.15) is 11.7 Å². The summed E-state index contributed by atoms with van der Waals surface area (Å²) in [7, 11) is 1.40. The van der Waals surface area contributed by atoms with Crippen molar-refractivity contribution in [3.05, 3.63) is 53.8 Å². The van der Waals surface area contributed by atoms with E-state index in [2.05, 4.69) is 10.6 Å². The van der Waals surface area contributed by atoms with Crippen LogP contribution in [0.4, 0.5) is 15.8 Å². The van der Waals surface area contributed by atoms with Crippen LogP contribution in [-0.2, 0) is 0 Å². The summed E-state index contributed by atoms with van der Waals surface area (Å²) in [6, 6.07) is 10.7. The second-order valence-electron chi connectivity index (χ2n) is 4.03. The van der Waals surface area contributed by atoms with Gasteiger partial charge in [0.2, 0.25) is 0 Å². The molecule has 20 heavy (non-hydrogen) atoms. The maximum atomic E-state index is 13.3. The van der Waals surface area contributed by atoms with Gasteiger partial charge in [0, 0.05) is 12.7 Å². The summed E-state index contributed by atoms with van der Waals surface area (Å²) < 4.78 is 25.5. The van der Waals surface area contributed by atoms with Crippen LogP contribution in [0.5, 0.6) is 5.75 Å². The monoisotopic (exact) mass is 275 g/mol. The van der Waals surface area contributed by atoms with Crippen molar-refractivity contribution in [2.24, 2.45) is 0 Å². The molecule has 0 unspecified atom stereocenters. The van der Waals surface area contributed by atoms with Gasteiger partial charge in [-0.05, 0) is 30.3 Å². The van der Waals surface area contributed by atoms with Gasteiger partial charge in [0.25, 0.3) is 5.91 Å². The van der Waals surface area contributed by atoms with Crippen LogP contribution in [0.15, 0.2) is 42.5 Å². The summed E-state index contributed by atoms with van der Waals surface area (Å²) in [5.74, 6) is -0.557. The van der Waals surface area contributed by atoms with E-state index in [1.54, 1.807) is 31.3 Å². The molecule has 0 radical (unpaired) electrons. The summed E-state index contributed by atoms with van der Waals surface area (Å²) >= 11 is 0. The van der Waals surface area contributed by atoms with Gasteiger partial charge in [-0.15, -0.1) is 0 Å². The topological polar surface area (TPSA) is 50.4 Å². The van der Waals surface area contributed by atoms with Gasteiger partial charge in [-0.1, -0.05) is 12.1 Å². The molecule has 0 spiro atoms. The standard InChI is InChI=1S/C15H15FN2O2/c1-17-12-8-7-10(16)9-11(12)15(19)18-13-5-3-4-6-14(13)20-2/h3-9,17H,1-2H3,(H,18,19)/i2D. The number of carbonyl (C=O) groups is 1. The van der Waals surface area contributed by atoms with E-state index in [4.69, 9.17) is 6.11 Å². The summed E-state index contributed by atoms with van der Waals surface area (Å²) in [5, 5.41) is 5.50. The fourth-order valence-electron chi connectivity index (χ4n) is 1.81. The SMILES string of the molecule is [2H]COc1ccccc1NC(=O)c1cc(F)ccc1NC. The highest BCUT2D eigenvalue weighted by Crippen LogP contribution is 2.25. The molecule has 0 aromatic heterocycles. The Morgan fingerprint density at radius 2 is 2.05 bits per heavy atom. The minimum absolute atomic E-state index is 0.193. The molecule has 2 aromatic carbocycles. The Kier molecular flexibility index (Phi) is 3.78. The first kappa shape index (κ1) is 12.5. The number of amides is 1. The van der Waals surface area contributed by atoms with Gasteiger partial charge >= 0.3 is 0 Å². The van der Waals surface area contributed by atoms with Crippen molar-refractivity contribution >= 4 is 17.3 Å². The Labute approximate surface area is 118 Å². The molecule has 0 aliphatic heterocycles. The molecule has 2 rings (SSSR count). The first-order valence-electron chi connectivity index (χ1n) is 6.66. The first-order chi connectivity index (χ1) is 10.2. The maximum Gasteiger partial charge on any atom is 0.257 e. The lowest BCUT2D eigenvalue weighted by Crippen LogP contribution is -2.15. The van der Waals surface area contributed by atoms with Gasteiger partial charge in [0.15, 0.2) is 0 Å².